The maximum Gasteiger partial charge on any atom is 0.253 e. The first-order chi connectivity index (χ1) is 9.93. The number of amides is 1. The van der Waals surface area contributed by atoms with Crippen LogP contribution in [0.5, 0.6) is 5.75 Å². The lowest BCUT2D eigenvalue weighted by molar-refractivity contribution is 0.0661. The molecule has 0 bridgehead atoms. The average Bonchev–Trinajstić information content (AvgIpc) is 2.47. The van der Waals surface area contributed by atoms with E-state index in [-0.39, 0.29) is 17.6 Å². The number of carbonyl (C=O) groups excluding carboxylic acids is 1. The van der Waals surface area contributed by atoms with Crippen molar-refractivity contribution in [3.05, 3.63) is 29.8 Å². The maximum atomic E-state index is 12.6. The molecular formula is C17H26N2O2. The Kier molecular flexibility index (Phi) is 4.88. The Bertz CT molecular complexity index is 491. The SMILES string of the molecule is CNC1(C)CCN(C(=O)c2cccc(OC(C)C)c2)CC1. The highest BCUT2D eigenvalue weighted by molar-refractivity contribution is 5.94. The molecular weight excluding hydrogens is 264 g/mol. The van der Waals surface area contributed by atoms with Crippen LogP contribution >= 0.6 is 0 Å². The minimum atomic E-state index is 0.0994. The second-order valence-electron chi connectivity index (χ2n) is 6.30. The van der Waals surface area contributed by atoms with Crippen LogP contribution in [0.3, 0.4) is 0 Å². The minimum Gasteiger partial charge on any atom is -0.491 e. The Morgan fingerprint density at radius 1 is 1.33 bits per heavy atom. The van der Waals surface area contributed by atoms with E-state index >= 15 is 0 Å². The first-order valence-corrected chi connectivity index (χ1v) is 7.68. The van der Waals surface area contributed by atoms with E-state index in [4.69, 9.17) is 4.74 Å². The number of likely N-dealkylation sites (tertiary alicyclic amines) is 1. The Hall–Kier alpha value is -1.55. The number of piperidine rings is 1. The number of nitrogens with one attached hydrogen (secondary N) is 1. The van der Waals surface area contributed by atoms with Gasteiger partial charge in [0.1, 0.15) is 5.75 Å². The van der Waals surface area contributed by atoms with Gasteiger partial charge in [-0.25, -0.2) is 0 Å². The zero-order chi connectivity index (χ0) is 15.5. The van der Waals surface area contributed by atoms with Crippen LogP contribution in [0.25, 0.3) is 0 Å². The second kappa shape index (κ2) is 6.48. The fourth-order valence-corrected chi connectivity index (χ4v) is 2.61. The molecule has 0 saturated carbocycles. The van der Waals surface area contributed by atoms with Crippen LogP contribution in [-0.4, -0.2) is 42.6 Å². The van der Waals surface area contributed by atoms with Gasteiger partial charge in [-0.05, 0) is 58.9 Å². The summed E-state index contributed by atoms with van der Waals surface area (Å²) in [6.45, 7) is 7.78. The van der Waals surface area contributed by atoms with Gasteiger partial charge in [0.2, 0.25) is 0 Å². The van der Waals surface area contributed by atoms with Crippen LogP contribution in [0, 0.1) is 0 Å². The zero-order valence-electron chi connectivity index (χ0n) is 13.5. The van der Waals surface area contributed by atoms with Gasteiger partial charge in [0.25, 0.3) is 5.91 Å². The molecule has 1 fully saturated rings. The summed E-state index contributed by atoms with van der Waals surface area (Å²) in [7, 11) is 1.99. The third kappa shape index (κ3) is 3.97. The van der Waals surface area contributed by atoms with Crippen molar-refractivity contribution in [2.24, 2.45) is 0 Å². The van der Waals surface area contributed by atoms with Crippen molar-refractivity contribution in [2.45, 2.75) is 45.3 Å². The van der Waals surface area contributed by atoms with E-state index in [1.807, 2.05) is 50.1 Å². The molecule has 1 amide bonds. The summed E-state index contributed by atoms with van der Waals surface area (Å²) in [4.78, 5) is 14.5. The van der Waals surface area contributed by atoms with E-state index in [1.54, 1.807) is 0 Å². The molecule has 116 valence electrons. The number of rotatable bonds is 4. The summed E-state index contributed by atoms with van der Waals surface area (Å²) in [6, 6.07) is 7.48. The predicted molar refractivity (Wildman–Crippen MR) is 84.8 cm³/mol. The van der Waals surface area contributed by atoms with E-state index in [0.29, 0.717) is 5.56 Å². The fraction of sp³-hybridized carbons (Fsp3) is 0.588. The van der Waals surface area contributed by atoms with Crippen molar-refractivity contribution in [3.63, 3.8) is 0 Å². The number of benzene rings is 1. The Labute approximate surface area is 127 Å². The lowest BCUT2D eigenvalue weighted by Crippen LogP contribution is -2.51. The molecule has 1 N–H and O–H groups in total. The van der Waals surface area contributed by atoms with Gasteiger partial charge in [-0.2, -0.15) is 0 Å². The molecule has 1 heterocycles. The summed E-state index contributed by atoms with van der Waals surface area (Å²) in [6.07, 6.45) is 2.08. The Morgan fingerprint density at radius 3 is 2.57 bits per heavy atom. The largest absolute Gasteiger partial charge is 0.491 e. The highest BCUT2D eigenvalue weighted by atomic mass is 16.5. The number of ether oxygens (including phenoxy) is 1. The normalized spacial score (nSPS) is 17.9. The van der Waals surface area contributed by atoms with Gasteiger partial charge in [0, 0.05) is 24.2 Å². The fourth-order valence-electron chi connectivity index (χ4n) is 2.61. The van der Waals surface area contributed by atoms with E-state index < -0.39 is 0 Å². The van der Waals surface area contributed by atoms with E-state index in [9.17, 15) is 4.79 Å². The standard InChI is InChI=1S/C17H26N2O2/c1-13(2)21-15-7-5-6-14(12-15)16(20)19-10-8-17(3,18-4)9-11-19/h5-7,12-13,18H,8-11H2,1-4H3. The van der Waals surface area contributed by atoms with Crippen molar-refractivity contribution in [1.82, 2.24) is 10.2 Å². The number of hydrogen-bond donors (Lipinski definition) is 1. The van der Waals surface area contributed by atoms with E-state index in [1.165, 1.54) is 0 Å². The summed E-state index contributed by atoms with van der Waals surface area (Å²) < 4.78 is 5.66. The van der Waals surface area contributed by atoms with Crippen molar-refractivity contribution < 1.29 is 9.53 Å². The average molecular weight is 290 g/mol. The maximum absolute atomic E-state index is 12.6. The summed E-state index contributed by atoms with van der Waals surface area (Å²) in [5.74, 6) is 0.857. The van der Waals surface area contributed by atoms with Gasteiger partial charge >= 0.3 is 0 Å². The molecule has 0 unspecified atom stereocenters. The smallest absolute Gasteiger partial charge is 0.253 e. The van der Waals surface area contributed by atoms with Crippen molar-refractivity contribution >= 4 is 5.91 Å². The Balaban J connectivity index is 2.04. The lowest BCUT2D eigenvalue weighted by Gasteiger charge is -2.39. The monoisotopic (exact) mass is 290 g/mol. The Morgan fingerprint density at radius 2 is 2.00 bits per heavy atom. The molecule has 0 aliphatic carbocycles. The first kappa shape index (κ1) is 15.8. The van der Waals surface area contributed by atoms with E-state index in [0.717, 1.165) is 31.7 Å². The van der Waals surface area contributed by atoms with Crippen LogP contribution in [0.2, 0.25) is 0 Å². The topological polar surface area (TPSA) is 41.6 Å². The number of nitrogens with zero attached hydrogens (tertiary/aromatic N) is 1. The molecule has 4 heteroatoms. The molecule has 0 atom stereocenters. The highest BCUT2D eigenvalue weighted by Gasteiger charge is 2.30. The van der Waals surface area contributed by atoms with Gasteiger partial charge in [-0.3, -0.25) is 4.79 Å². The van der Waals surface area contributed by atoms with Gasteiger partial charge in [-0.15, -0.1) is 0 Å². The van der Waals surface area contributed by atoms with Crippen LogP contribution < -0.4 is 10.1 Å². The van der Waals surface area contributed by atoms with Crippen molar-refractivity contribution in [1.29, 1.82) is 0 Å². The molecule has 21 heavy (non-hydrogen) atoms. The third-order valence-corrected chi connectivity index (χ3v) is 4.21. The molecule has 0 spiro atoms. The zero-order valence-corrected chi connectivity index (χ0v) is 13.5. The number of hydrogen-bond acceptors (Lipinski definition) is 3. The quantitative estimate of drug-likeness (QED) is 0.927. The molecule has 0 radical (unpaired) electrons. The molecule has 4 nitrogen and oxygen atoms in total. The van der Waals surface area contributed by atoms with Crippen LogP contribution in [0.4, 0.5) is 0 Å². The highest BCUT2D eigenvalue weighted by Crippen LogP contribution is 2.23. The van der Waals surface area contributed by atoms with Gasteiger partial charge < -0.3 is 15.0 Å². The van der Waals surface area contributed by atoms with Crippen LogP contribution in [0.15, 0.2) is 24.3 Å². The van der Waals surface area contributed by atoms with Gasteiger partial charge in [0.05, 0.1) is 6.10 Å². The van der Waals surface area contributed by atoms with Crippen LogP contribution in [0.1, 0.15) is 44.0 Å². The predicted octanol–water partition coefficient (Wildman–Crippen LogP) is 2.69. The molecule has 1 aliphatic rings. The lowest BCUT2D eigenvalue weighted by atomic mass is 9.89. The molecule has 1 aromatic carbocycles. The van der Waals surface area contributed by atoms with Crippen LogP contribution in [-0.2, 0) is 0 Å². The second-order valence-corrected chi connectivity index (χ2v) is 6.30. The number of carbonyl (C=O) groups is 1. The molecule has 1 saturated heterocycles. The van der Waals surface area contributed by atoms with Crippen molar-refractivity contribution in [3.8, 4) is 5.75 Å². The third-order valence-electron chi connectivity index (χ3n) is 4.21. The summed E-state index contributed by atoms with van der Waals surface area (Å²) in [5, 5.41) is 3.35. The molecule has 1 aliphatic heterocycles. The van der Waals surface area contributed by atoms with E-state index in [2.05, 4.69) is 12.2 Å². The summed E-state index contributed by atoms with van der Waals surface area (Å²) >= 11 is 0. The molecule has 2 rings (SSSR count). The van der Waals surface area contributed by atoms with Gasteiger partial charge in [0.15, 0.2) is 0 Å². The molecule has 0 aromatic heterocycles. The van der Waals surface area contributed by atoms with Crippen molar-refractivity contribution in [2.75, 3.05) is 20.1 Å². The summed E-state index contributed by atoms with van der Waals surface area (Å²) in [5.41, 5.74) is 0.862. The molecule has 1 aromatic rings. The first-order valence-electron chi connectivity index (χ1n) is 7.68. The van der Waals surface area contributed by atoms with Gasteiger partial charge in [-0.1, -0.05) is 6.07 Å². The minimum absolute atomic E-state index is 0.0994.